The summed E-state index contributed by atoms with van der Waals surface area (Å²) in [6.45, 7) is 8.12. The molecule has 0 unspecified atom stereocenters. The first-order chi connectivity index (χ1) is 20.3. The number of hydrogen-bond acceptors (Lipinski definition) is 8. The van der Waals surface area contributed by atoms with Crippen molar-refractivity contribution in [1.82, 2.24) is 4.90 Å². The van der Waals surface area contributed by atoms with Gasteiger partial charge in [0.15, 0.2) is 6.61 Å². The first kappa shape index (κ1) is 30.8. The number of unbranched alkanes of at least 4 members (excludes halogenated alkanes) is 2. The normalized spacial score (nSPS) is 30.1. The molecule has 6 atom stereocenters. The van der Waals surface area contributed by atoms with Crippen LogP contribution in [0.4, 0.5) is 0 Å². The maximum absolute atomic E-state index is 12.7. The molecule has 3 aliphatic heterocycles. The van der Waals surface area contributed by atoms with Crippen LogP contribution >= 0.6 is 0 Å². The van der Waals surface area contributed by atoms with Crippen molar-refractivity contribution < 1.29 is 33.3 Å². The van der Waals surface area contributed by atoms with E-state index in [1.807, 2.05) is 12.1 Å². The van der Waals surface area contributed by atoms with Gasteiger partial charge in [-0.25, -0.2) is 4.79 Å². The second kappa shape index (κ2) is 14.2. The molecule has 1 aromatic rings. The van der Waals surface area contributed by atoms with Crippen LogP contribution in [0.2, 0.25) is 0 Å². The lowest BCUT2D eigenvalue weighted by atomic mass is 9.73. The molecule has 0 spiro atoms. The van der Waals surface area contributed by atoms with Gasteiger partial charge in [-0.05, 0) is 112 Å². The summed E-state index contributed by atoms with van der Waals surface area (Å²) < 4.78 is 23.5. The van der Waals surface area contributed by atoms with Crippen LogP contribution < -0.4 is 4.74 Å². The zero-order chi connectivity index (χ0) is 29.6. The topological polar surface area (TPSA) is 91.4 Å². The van der Waals surface area contributed by atoms with E-state index in [2.05, 4.69) is 17.9 Å². The minimum absolute atomic E-state index is 0.0187. The van der Waals surface area contributed by atoms with Crippen molar-refractivity contribution >= 4 is 17.9 Å². The summed E-state index contributed by atoms with van der Waals surface area (Å²) in [7, 11) is 0. The number of nitrogens with zero attached hydrogens (tertiary/aromatic N) is 1. The van der Waals surface area contributed by atoms with Crippen molar-refractivity contribution in [2.24, 2.45) is 23.7 Å². The van der Waals surface area contributed by atoms with Gasteiger partial charge < -0.3 is 18.9 Å². The Kier molecular flexibility index (Phi) is 10.5. The van der Waals surface area contributed by atoms with E-state index >= 15 is 0 Å². The molecule has 3 heterocycles. The van der Waals surface area contributed by atoms with Crippen molar-refractivity contribution in [3.8, 4) is 5.75 Å². The van der Waals surface area contributed by atoms with E-state index < -0.39 is 0 Å². The molecule has 0 radical (unpaired) electrons. The summed E-state index contributed by atoms with van der Waals surface area (Å²) in [6.07, 6.45) is 10.3. The molecule has 5 aliphatic rings. The monoisotopic (exact) mass is 583 g/mol. The molecule has 4 fully saturated rings. The molecule has 3 saturated heterocycles. The summed E-state index contributed by atoms with van der Waals surface area (Å²) in [5.41, 5.74) is 2.40. The van der Waals surface area contributed by atoms with Crippen LogP contribution in [0.15, 0.2) is 18.2 Å². The van der Waals surface area contributed by atoms with Crippen LogP contribution in [0.25, 0.3) is 0 Å². The fourth-order valence-electron chi connectivity index (χ4n) is 8.14. The average Bonchev–Trinajstić information content (AvgIpc) is 3.28. The third-order valence-corrected chi connectivity index (χ3v) is 10.1. The fourth-order valence-corrected chi connectivity index (χ4v) is 8.14. The van der Waals surface area contributed by atoms with Crippen molar-refractivity contribution in [2.45, 2.75) is 110 Å². The number of benzene rings is 1. The van der Waals surface area contributed by atoms with Gasteiger partial charge in [0.25, 0.3) is 0 Å². The Morgan fingerprint density at radius 1 is 0.952 bits per heavy atom. The number of carbonyl (C=O) groups excluding carboxylic acids is 3. The third-order valence-electron chi connectivity index (χ3n) is 10.1. The molecule has 2 bridgehead atoms. The van der Waals surface area contributed by atoms with Gasteiger partial charge >= 0.3 is 17.9 Å². The number of hydrogen-bond donors (Lipinski definition) is 0. The molecule has 0 aromatic heterocycles. The summed E-state index contributed by atoms with van der Waals surface area (Å²) in [6, 6.07) is 6.12. The van der Waals surface area contributed by atoms with Crippen molar-refractivity contribution in [3.63, 3.8) is 0 Å². The molecular weight excluding hydrogens is 534 g/mol. The summed E-state index contributed by atoms with van der Waals surface area (Å²) in [5.74, 6) is 1.43. The number of piperidine rings is 3. The van der Waals surface area contributed by atoms with E-state index in [0.717, 1.165) is 102 Å². The molecule has 1 saturated carbocycles. The predicted octanol–water partition coefficient (Wildman–Crippen LogP) is 5.28. The molecule has 8 nitrogen and oxygen atoms in total. The first-order valence-corrected chi connectivity index (χ1v) is 16.3. The number of ether oxygens (including phenoxy) is 4. The highest BCUT2D eigenvalue weighted by molar-refractivity contribution is 5.71. The molecule has 232 valence electrons. The minimum atomic E-state index is -0.294. The molecule has 1 aromatic carbocycles. The Balaban J connectivity index is 1.22. The summed E-state index contributed by atoms with van der Waals surface area (Å²) >= 11 is 0. The predicted molar refractivity (Wildman–Crippen MR) is 158 cm³/mol. The van der Waals surface area contributed by atoms with E-state index in [1.54, 1.807) is 0 Å². The van der Waals surface area contributed by atoms with Gasteiger partial charge in [-0.15, -0.1) is 0 Å². The average molecular weight is 584 g/mol. The zero-order valence-corrected chi connectivity index (χ0v) is 25.7. The van der Waals surface area contributed by atoms with E-state index in [9.17, 15) is 14.4 Å². The second-order valence-corrected chi connectivity index (χ2v) is 13.0. The Morgan fingerprint density at radius 2 is 1.76 bits per heavy atom. The maximum Gasteiger partial charge on any atom is 0.344 e. The van der Waals surface area contributed by atoms with Gasteiger partial charge in [0, 0.05) is 20.4 Å². The van der Waals surface area contributed by atoms with Gasteiger partial charge in [0.1, 0.15) is 24.1 Å². The van der Waals surface area contributed by atoms with Gasteiger partial charge in [0.05, 0.1) is 0 Å². The second-order valence-electron chi connectivity index (χ2n) is 13.0. The Hall–Kier alpha value is -2.61. The molecule has 0 N–H and O–H groups in total. The Morgan fingerprint density at radius 3 is 2.45 bits per heavy atom. The van der Waals surface area contributed by atoms with Crippen LogP contribution in [-0.4, -0.2) is 67.4 Å². The third kappa shape index (κ3) is 7.66. The smallest absolute Gasteiger partial charge is 0.344 e. The van der Waals surface area contributed by atoms with Crippen LogP contribution in [0, 0.1) is 23.7 Å². The Bertz CT molecular complexity index is 1100. The van der Waals surface area contributed by atoms with Gasteiger partial charge in [-0.1, -0.05) is 31.9 Å². The lowest BCUT2D eigenvalue weighted by molar-refractivity contribution is -0.161. The van der Waals surface area contributed by atoms with Crippen LogP contribution in [0.3, 0.4) is 0 Å². The van der Waals surface area contributed by atoms with Crippen molar-refractivity contribution in [3.05, 3.63) is 29.3 Å². The molecular formula is C34H49NO7. The van der Waals surface area contributed by atoms with Gasteiger partial charge in [0.2, 0.25) is 0 Å². The first-order valence-electron chi connectivity index (χ1n) is 16.3. The number of rotatable bonds is 13. The van der Waals surface area contributed by atoms with E-state index in [0.29, 0.717) is 17.8 Å². The van der Waals surface area contributed by atoms with Gasteiger partial charge in [-0.2, -0.15) is 0 Å². The van der Waals surface area contributed by atoms with E-state index in [4.69, 9.17) is 18.9 Å². The van der Waals surface area contributed by atoms with E-state index in [1.165, 1.54) is 19.4 Å². The van der Waals surface area contributed by atoms with Crippen LogP contribution in [-0.2, 0) is 41.4 Å². The fraction of sp³-hybridized carbons (Fsp3) is 0.735. The number of esters is 3. The molecule has 0 amide bonds. The molecule has 8 heteroatoms. The highest BCUT2D eigenvalue weighted by Gasteiger charge is 2.47. The quantitative estimate of drug-likeness (QED) is 0.176. The minimum Gasteiger partial charge on any atom is -0.482 e. The highest BCUT2D eigenvalue weighted by atomic mass is 16.6. The van der Waals surface area contributed by atoms with Crippen LogP contribution in [0.5, 0.6) is 5.75 Å². The van der Waals surface area contributed by atoms with Crippen molar-refractivity contribution in [2.75, 3.05) is 26.2 Å². The summed E-state index contributed by atoms with van der Waals surface area (Å²) in [4.78, 5) is 38.9. The zero-order valence-electron chi connectivity index (χ0n) is 25.7. The lowest BCUT2D eigenvalue weighted by Crippen LogP contribution is -2.52. The molecule has 42 heavy (non-hydrogen) atoms. The maximum atomic E-state index is 12.7. The largest absolute Gasteiger partial charge is 0.482 e. The Labute approximate surface area is 250 Å². The number of carbonyl (C=O) groups is 3. The standard InChI is InChI=1S/C34H49NO7/c1-4-5-6-9-27(40-22(2)36)11-12-28-29-17-25-8-7-10-31(30(25)18-26(29)19-32(28)41-23(3)37)39-21-34(38)42-33-20-35-15-13-24(33)14-16-35/h7-8,10,24,26-29,32-33H,4-6,9,11-21H2,1-3H3/t26-,27-,28+,29-,32+,33+/m0/s1. The lowest BCUT2D eigenvalue weighted by Gasteiger charge is -2.43. The SMILES string of the molecule is CCCCC[C@@H](CC[C@@H]1[C@H]2Cc3cccc(OCC(=O)O[C@@H]4CN5CCC4CC5)c3C[C@H]2C[C@H]1OC(C)=O)OC(C)=O. The highest BCUT2D eigenvalue weighted by Crippen LogP contribution is 2.49. The molecule has 6 rings (SSSR count). The van der Waals surface area contributed by atoms with Crippen molar-refractivity contribution in [1.29, 1.82) is 0 Å². The van der Waals surface area contributed by atoms with E-state index in [-0.39, 0.29) is 48.7 Å². The molecule has 2 aliphatic carbocycles. The van der Waals surface area contributed by atoms with Gasteiger partial charge in [-0.3, -0.25) is 14.5 Å². The number of fused-ring (bicyclic) bond motifs is 5. The summed E-state index contributed by atoms with van der Waals surface area (Å²) in [5, 5.41) is 0. The van der Waals surface area contributed by atoms with Crippen LogP contribution in [0.1, 0.15) is 89.7 Å².